The number of nitrogens with zero attached hydrogens (tertiary/aromatic N) is 5. The highest BCUT2D eigenvalue weighted by atomic mass is 19.2. The van der Waals surface area contributed by atoms with E-state index in [4.69, 9.17) is 4.74 Å². The van der Waals surface area contributed by atoms with Gasteiger partial charge in [-0.15, -0.1) is 0 Å². The lowest BCUT2D eigenvalue weighted by atomic mass is 10.1. The second kappa shape index (κ2) is 11.0. The predicted molar refractivity (Wildman–Crippen MR) is 143 cm³/mol. The van der Waals surface area contributed by atoms with Crippen LogP contribution in [0.3, 0.4) is 0 Å². The summed E-state index contributed by atoms with van der Waals surface area (Å²) in [6, 6.07) is 9.43. The number of methoxy groups -OCH3 is 1. The molecule has 14 heteroatoms. The van der Waals surface area contributed by atoms with Gasteiger partial charge in [-0.05, 0) is 48.0 Å². The van der Waals surface area contributed by atoms with Crippen molar-refractivity contribution < 1.29 is 17.9 Å². The number of H-pyrrole nitrogens is 1. The fourth-order valence-electron chi connectivity index (χ4n) is 4.14. The van der Waals surface area contributed by atoms with Gasteiger partial charge in [-0.1, -0.05) is 0 Å². The van der Waals surface area contributed by atoms with Crippen molar-refractivity contribution in [2.75, 3.05) is 12.4 Å². The lowest BCUT2D eigenvalue weighted by Gasteiger charge is -2.16. The topological polar surface area (TPSA) is 129 Å². The summed E-state index contributed by atoms with van der Waals surface area (Å²) in [6.07, 6.45) is 4.78. The number of aromatic nitrogens is 6. The molecule has 0 amide bonds. The van der Waals surface area contributed by atoms with Crippen LogP contribution >= 0.6 is 0 Å². The summed E-state index contributed by atoms with van der Waals surface area (Å²) < 4.78 is 49.9. The third kappa shape index (κ3) is 5.66. The number of hydrogen-bond acceptors (Lipinski definition) is 7. The molecule has 11 nitrogen and oxygen atoms in total. The van der Waals surface area contributed by atoms with Crippen molar-refractivity contribution in [3.05, 3.63) is 121 Å². The lowest BCUT2D eigenvalue weighted by Crippen LogP contribution is -2.43. The van der Waals surface area contributed by atoms with Gasteiger partial charge in [0.15, 0.2) is 17.5 Å². The molecule has 3 heterocycles. The fraction of sp³-hybridized carbons (Fsp3) is 0.148. The van der Waals surface area contributed by atoms with E-state index in [-0.39, 0.29) is 17.1 Å². The summed E-state index contributed by atoms with van der Waals surface area (Å²) in [5, 5.41) is 6.94. The number of aromatic amines is 1. The van der Waals surface area contributed by atoms with Crippen LogP contribution in [0.1, 0.15) is 11.1 Å². The Bertz CT molecular complexity index is 1900. The van der Waals surface area contributed by atoms with Crippen LogP contribution in [0.4, 0.5) is 24.8 Å². The van der Waals surface area contributed by atoms with Crippen molar-refractivity contribution in [2.45, 2.75) is 13.1 Å². The molecular formula is C27H22F3N7O4. The molecule has 0 saturated heterocycles. The second-order valence-corrected chi connectivity index (χ2v) is 9.05. The molecule has 2 N–H and O–H groups in total. The normalized spacial score (nSPS) is 11.0. The number of pyridine rings is 1. The van der Waals surface area contributed by atoms with E-state index >= 15 is 0 Å². The summed E-state index contributed by atoms with van der Waals surface area (Å²) in [5.41, 5.74) is -0.795. The molecule has 0 radical (unpaired) electrons. The van der Waals surface area contributed by atoms with Gasteiger partial charge in [0.05, 0.1) is 26.4 Å². The molecule has 0 spiro atoms. The quantitative estimate of drug-likeness (QED) is 0.277. The Hall–Kier alpha value is -5.40. The zero-order valence-corrected chi connectivity index (χ0v) is 21.7. The standard InChI is InChI=1S/C27H22F3N7O4/c1-35-13-18(11-32-35)16-9-17(24(38)31-10-16)14-37-26(39)34-25(33-19-3-5-20(41-2)6-4-19)36(27(37)40)12-15-7-21(28)23(30)22(29)8-15/h3-11,13H,12,14H2,1-2H3,(H,31,38)(H,33,34,39). The van der Waals surface area contributed by atoms with Crippen molar-refractivity contribution in [3.63, 3.8) is 0 Å². The molecule has 0 unspecified atom stereocenters. The predicted octanol–water partition coefficient (Wildman–Crippen LogP) is 2.76. The smallest absolute Gasteiger partial charge is 0.355 e. The van der Waals surface area contributed by atoms with E-state index < -0.39 is 47.5 Å². The Balaban J connectivity index is 1.60. The van der Waals surface area contributed by atoms with Crippen molar-refractivity contribution in [3.8, 4) is 16.9 Å². The summed E-state index contributed by atoms with van der Waals surface area (Å²) in [4.78, 5) is 45.9. The van der Waals surface area contributed by atoms with Crippen molar-refractivity contribution >= 4 is 11.6 Å². The van der Waals surface area contributed by atoms with Gasteiger partial charge in [-0.2, -0.15) is 10.1 Å². The number of nitrogens with one attached hydrogen (secondary N) is 2. The van der Waals surface area contributed by atoms with Gasteiger partial charge < -0.3 is 15.0 Å². The van der Waals surface area contributed by atoms with Gasteiger partial charge in [0.2, 0.25) is 5.95 Å². The molecule has 0 saturated carbocycles. The van der Waals surface area contributed by atoms with Crippen LogP contribution in [0.25, 0.3) is 11.1 Å². The SMILES string of the molecule is COc1ccc(Nc2nc(=O)n(Cc3cc(-c4cnn(C)c4)c[nH]c3=O)c(=O)n2Cc2cc(F)c(F)c(F)c2)cc1. The Kier molecular flexibility index (Phi) is 7.29. The van der Waals surface area contributed by atoms with Gasteiger partial charge in [-0.25, -0.2) is 27.3 Å². The van der Waals surface area contributed by atoms with Gasteiger partial charge in [0, 0.05) is 41.8 Å². The van der Waals surface area contributed by atoms with E-state index in [0.717, 1.165) is 16.7 Å². The molecule has 5 aromatic rings. The first kappa shape index (κ1) is 27.2. The summed E-state index contributed by atoms with van der Waals surface area (Å²) in [5.74, 6) is -4.25. The number of anilines is 2. The number of aryl methyl sites for hydroxylation is 1. The molecule has 210 valence electrons. The van der Waals surface area contributed by atoms with E-state index in [2.05, 4.69) is 20.4 Å². The highest BCUT2D eigenvalue weighted by Gasteiger charge is 2.18. The summed E-state index contributed by atoms with van der Waals surface area (Å²) in [7, 11) is 3.21. The van der Waals surface area contributed by atoms with E-state index in [9.17, 15) is 27.6 Å². The minimum Gasteiger partial charge on any atom is -0.497 e. The largest absolute Gasteiger partial charge is 0.497 e. The molecule has 3 aromatic heterocycles. The van der Waals surface area contributed by atoms with Crippen LogP contribution in [0.5, 0.6) is 5.75 Å². The average molecular weight is 566 g/mol. The first-order valence-electron chi connectivity index (χ1n) is 12.1. The van der Waals surface area contributed by atoms with Crippen molar-refractivity contribution in [2.24, 2.45) is 7.05 Å². The van der Waals surface area contributed by atoms with E-state index in [1.54, 1.807) is 48.4 Å². The monoisotopic (exact) mass is 565 g/mol. The number of ether oxygens (including phenoxy) is 1. The molecule has 0 aliphatic heterocycles. The minimum absolute atomic E-state index is 0.0774. The maximum atomic E-state index is 14.0. The Morgan fingerprint density at radius 2 is 1.66 bits per heavy atom. The molecule has 41 heavy (non-hydrogen) atoms. The van der Waals surface area contributed by atoms with Gasteiger partial charge in [0.25, 0.3) is 5.56 Å². The highest BCUT2D eigenvalue weighted by Crippen LogP contribution is 2.20. The van der Waals surface area contributed by atoms with E-state index in [0.29, 0.717) is 27.1 Å². The molecule has 5 rings (SSSR count). The number of hydrogen-bond donors (Lipinski definition) is 2. The minimum atomic E-state index is -1.66. The summed E-state index contributed by atoms with van der Waals surface area (Å²) in [6.45, 7) is -0.937. The number of halogens is 3. The number of benzene rings is 2. The zero-order valence-electron chi connectivity index (χ0n) is 21.7. The molecule has 2 aromatic carbocycles. The molecule has 0 aliphatic rings. The first-order valence-corrected chi connectivity index (χ1v) is 12.1. The van der Waals surface area contributed by atoms with Crippen LogP contribution in [-0.2, 0) is 20.1 Å². The third-order valence-corrected chi connectivity index (χ3v) is 6.23. The van der Waals surface area contributed by atoms with Crippen molar-refractivity contribution in [1.29, 1.82) is 0 Å². The second-order valence-electron chi connectivity index (χ2n) is 9.05. The maximum absolute atomic E-state index is 14.0. The van der Waals surface area contributed by atoms with Crippen LogP contribution in [0.15, 0.2) is 75.4 Å². The summed E-state index contributed by atoms with van der Waals surface area (Å²) >= 11 is 0. The Morgan fingerprint density at radius 1 is 0.951 bits per heavy atom. The Morgan fingerprint density at radius 3 is 2.29 bits per heavy atom. The van der Waals surface area contributed by atoms with Crippen molar-refractivity contribution in [1.82, 2.24) is 28.9 Å². The molecule has 0 fully saturated rings. The fourth-order valence-corrected chi connectivity index (χ4v) is 4.14. The third-order valence-electron chi connectivity index (χ3n) is 6.23. The van der Waals surface area contributed by atoms with Gasteiger partial charge in [0.1, 0.15) is 5.75 Å². The highest BCUT2D eigenvalue weighted by molar-refractivity contribution is 5.61. The molecule has 0 atom stereocenters. The van der Waals surface area contributed by atoms with Crippen LogP contribution in [0.2, 0.25) is 0 Å². The van der Waals surface area contributed by atoms with E-state index in [1.165, 1.54) is 19.4 Å². The Labute approximate surface area is 229 Å². The average Bonchev–Trinajstić information content (AvgIpc) is 3.39. The van der Waals surface area contributed by atoms with Gasteiger partial charge in [-0.3, -0.25) is 14.0 Å². The van der Waals surface area contributed by atoms with Crippen LogP contribution in [-0.4, -0.2) is 36.0 Å². The van der Waals surface area contributed by atoms with Gasteiger partial charge >= 0.3 is 11.4 Å². The molecule has 0 bridgehead atoms. The molecular weight excluding hydrogens is 543 g/mol. The maximum Gasteiger partial charge on any atom is 0.355 e. The van der Waals surface area contributed by atoms with Crippen LogP contribution < -0.4 is 27.0 Å². The number of rotatable bonds is 8. The first-order chi connectivity index (χ1) is 19.6. The van der Waals surface area contributed by atoms with E-state index in [1.807, 2.05) is 0 Å². The molecule has 0 aliphatic carbocycles. The zero-order chi connectivity index (χ0) is 29.3. The van der Waals surface area contributed by atoms with Crippen LogP contribution in [0, 0.1) is 17.5 Å². The lowest BCUT2D eigenvalue weighted by molar-refractivity contribution is 0.415.